The van der Waals surface area contributed by atoms with Crippen molar-refractivity contribution in [1.29, 1.82) is 0 Å². The molecular weight excluding hydrogens is 412 g/mol. The van der Waals surface area contributed by atoms with Crippen molar-refractivity contribution in [2.24, 2.45) is 5.73 Å². The molecule has 1 aromatic heterocycles. The summed E-state index contributed by atoms with van der Waals surface area (Å²) in [6.45, 7) is 0.252. The van der Waals surface area contributed by atoms with Crippen LogP contribution in [0, 0.1) is 11.9 Å². The molecule has 1 heterocycles. The van der Waals surface area contributed by atoms with Crippen LogP contribution in [0.4, 0.5) is 17.6 Å². The molecule has 0 atom stereocenters. The SMILES string of the molecule is COCc1c[c]c2c3c(C(N)=O)cccc3n(Cc3cc(F)cc(C(F)(F)F)c3)c2c1. The number of hydrogen-bond acceptors (Lipinski definition) is 2. The second-order valence-electron chi connectivity index (χ2n) is 7.20. The molecule has 0 unspecified atom stereocenters. The van der Waals surface area contributed by atoms with E-state index in [-0.39, 0.29) is 17.7 Å². The van der Waals surface area contributed by atoms with E-state index >= 15 is 0 Å². The van der Waals surface area contributed by atoms with E-state index in [0.29, 0.717) is 34.5 Å². The Morgan fingerprint density at radius 1 is 1.13 bits per heavy atom. The minimum absolute atomic E-state index is 0.0483. The molecule has 0 saturated heterocycles. The maximum Gasteiger partial charge on any atom is 0.416 e. The van der Waals surface area contributed by atoms with Crippen LogP contribution in [0.5, 0.6) is 0 Å². The summed E-state index contributed by atoms with van der Waals surface area (Å²) >= 11 is 0. The van der Waals surface area contributed by atoms with Crippen LogP contribution in [-0.2, 0) is 24.1 Å². The summed E-state index contributed by atoms with van der Waals surface area (Å²) < 4.78 is 60.3. The molecule has 0 bridgehead atoms. The van der Waals surface area contributed by atoms with E-state index in [1.807, 2.05) is 6.07 Å². The zero-order valence-corrected chi connectivity index (χ0v) is 16.4. The van der Waals surface area contributed by atoms with Gasteiger partial charge in [0.05, 0.1) is 23.2 Å². The minimum atomic E-state index is -4.67. The Bertz CT molecular complexity index is 1310. The number of alkyl halides is 3. The second kappa shape index (κ2) is 7.70. The molecule has 0 aliphatic carbocycles. The summed E-state index contributed by atoms with van der Waals surface area (Å²) in [7, 11) is 1.54. The van der Waals surface area contributed by atoms with E-state index in [0.717, 1.165) is 17.7 Å². The highest BCUT2D eigenvalue weighted by Gasteiger charge is 2.31. The van der Waals surface area contributed by atoms with E-state index in [9.17, 15) is 22.4 Å². The summed E-state index contributed by atoms with van der Waals surface area (Å²) in [5.41, 5.74) is 6.87. The lowest BCUT2D eigenvalue weighted by molar-refractivity contribution is -0.137. The highest BCUT2D eigenvalue weighted by Crippen LogP contribution is 2.34. The Kier molecular flexibility index (Phi) is 5.18. The zero-order chi connectivity index (χ0) is 22.3. The van der Waals surface area contributed by atoms with Gasteiger partial charge >= 0.3 is 6.18 Å². The minimum Gasteiger partial charge on any atom is -0.380 e. The van der Waals surface area contributed by atoms with Crippen molar-refractivity contribution < 1.29 is 27.1 Å². The fourth-order valence-corrected chi connectivity index (χ4v) is 3.81. The van der Waals surface area contributed by atoms with Crippen molar-refractivity contribution in [2.45, 2.75) is 19.3 Å². The maximum atomic E-state index is 14.0. The molecule has 159 valence electrons. The number of carbonyl (C=O) groups excluding carboxylic acids is 1. The zero-order valence-electron chi connectivity index (χ0n) is 16.4. The molecule has 4 nitrogen and oxygen atoms in total. The third kappa shape index (κ3) is 3.86. The highest BCUT2D eigenvalue weighted by molar-refractivity contribution is 6.17. The number of primary amides is 1. The predicted octanol–water partition coefficient (Wildman–Crippen LogP) is 5.05. The summed E-state index contributed by atoms with van der Waals surface area (Å²) in [5.74, 6) is -1.61. The first-order chi connectivity index (χ1) is 14.7. The number of amides is 1. The van der Waals surface area contributed by atoms with Crippen LogP contribution in [0.15, 0.2) is 48.5 Å². The second-order valence-corrected chi connectivity index (χ2v) is 7.20. The van der Waals surface area contributed by atoms with E-state index < -0.39 is 23.5 Å². The van der Waals surface area contributed by atoms with Gasteiger partial charge in [-0.2, -0.15) is 13.2 Å². The monoisotopic (exact) mass is 429 g/mol. The molecule has 4 rings (SSSR count). The van der Waals surface area contributed by atoms with Crippen LogP contribution >= 0.6 is 0 Å². The van der Waals surface area contributed by atoms with E-state index in [2.05, 4.69) is 6.07 Å². The Morgan fingerprint density at radius 3 is 2.58 bits per heavy atom. The smallest absolute Gasteiger partial charge is 0.380 e. The van der Waals surface area contributed by atoms with Crippen LogP contribution in [0.3, 0.4) is 0 Å². The van der Waals surface area contributed by atoms with Gasteiger partial charge in [0.25, 0.3) is 0 Å². The first-order valence-electron chi connectivity index (χ1n) is 9.30. The molecule has 0 saturated carbocycles. The number of aromatic nitrogens is 1. The van der Waals surface area contributed by atoms with Crippen LogP contribution in [-0.4, -0.2) is 17.6 Å². The van der Waals surface area contributed by atoms with Gasteiger partial charge in [-0.05, 0) is 59.7 Å². The molecule has 3 aromatic carbocycles. The molecule has 8 heteroatoms. The Balaban J connectivity index is 1.98. The number of halogens is 4. The number of nitrogens with zero attached hydrogens (tertiary/aromatic N) is 1. The van der Waals surface area contributed by atoms with Crippen LogP contribution in [0.1, 0.15) is 27.0 Å². The van der Waals surface area contributed by atoms with Crippen LogP contribution in [0.2, 0.25) is 0 Å². The number of methoxy groups -OCH3 is 1. The molecule has 31 heavy (non-hydrogen) atoms. The van der Waals surface area contributed by atoms with Crippen molar-refractivity contribution in [3.63, 3.8) is 0 Å². The summed E-state index contributed by atoms with van der Waals surface area (Å²) in [6, 6.07) is 14.1. The third-order valence-electron chi connectivity index (χ3n) is 5.06. The van der Waals surface area contributed by atoms with Gasteiger partial charge in [0, 0.05) is 30.0 Å². The number of fused-ring (bicyclic) bond motifs is 3. The van der Waals surface area contributed by atoms with Crippen molar-refractivity contribution in [3.8, 4) is 0 Å². The highest BCUT2D eigenvalue weighted by atomic mass is 19.4. The van der Waals surface area contributed by atoms with Crippen molar-refractivity contribution >= 4 is 27.7 Å². The van der Waals surface area contributed by atoms with Gasteiger partial charge in [0.2, 0.25) is 5.91 Å². The molecule has 0 aliphatic rings. The largest absolute Gasteiger partial charge is 0.416 e. The fourth-order valence-electron chi connectivity index (χ4n) is 3.81. The lowest BCUT2D eigenvalue weighted by Crippen LogP contribution is -2.11. The van der Waals surface area contributed by atoms with E-state index in [1.54, 1.807) is 28.8 Å². The van der Waals surface area contributed by atoms with Gasteiger partial charge in [-0.15, -0.1) is 0 Å². The van der Waals surface area contributed by atoms with Gasteiger partial charge in [-0.3, -0.25) is 4.79 Å². The molecule has 0 spiro atoms. The summed E-state index contributed by atoms with van der Waals surface area (Å²) in [5, 5.41) is 1.14. The van der Waals surface area contributed by atoms with Crippen LogP contribution < -0.4 is 5.73 Å². The molecule has 0 aliphatic heterocycles. The molecule has 1 radical (unpaired) electrons. The number of rotatable bonds is 5. The van der Waals surface area contributed by atoms with Crippen molar-refractivity contribution in [1.82, 2.24) is 4.57 Å². The predicted molar refractivity (Wildman–Crippen MR) is 108 cm³/mol. The molecule has 4 aromatic rings. The Labute approximate surface area is 174 Å². The number of carbonyl (C=O) groups is 1. The summed E-state index contributed by atoms with van der Waals surface area (Å²) in [4.78, 5) is 12.0. The Morgan fingerprint density at radius 2 is 1.90 bits per heavy atom. The summed E-state index contributed by atoms with van der Waals surface area (Å²) in [6.07, 6.45) is -4.67. The molecular formula is C23H17F4N2O2. The number of ether oxygens (including phenoxy) is 1. The van der Waals surface area contributed by atoms with Gasteiger partial charge in [0.1, 0.15) is 5.82 Å². The lowest BCUT2D eigenvalue weighted by atomic mass is 10.0. The Hall–Kier alpha value is -3.39. The first kappa shape index (κ1) is 20.9. The average molecular weight is 429 g/mol. The first-order valence-corrected chi connectivity index (χ1v) is 9.30. The fraction of sp³-hybridized carbons (Fsp3) is 0.174. The average Bonchev–Trinajstić information content (AvgIpc) is 3.00. The lowest BCUT2D eigenvalue weighted by Gasteiger charge is -2.12. The van der Waals surface area contributed by atoms with Gasteiger partial charge in [-0.1, -0.05) is 6.07 Å². The van der Waals surface area contributed by atoms with Crippen molar-refractivity contribution in [3.05, 3.63) is 82.7 Å². The quantitative estimate of drug-likeness (QED) is 0.452. The number of hydrogen-bond donors (Lipinski definition) is 1. The van der Waals surface area contributed by atoms with E-state index in [4.69, 9.17) is 10.5 Å². The maximum absolute atomic E-state index is 14.0. The topological polar surface area (TPSA) is 57.2 Å². The standard InChI is InChI=1S/C23H17F4N2O2/c1-31-12-13-5-6-17-20(9-13)29(19-4-2-3-18(21(17)19)22(28)30)11-14-7-15(23(25,26)27)10-16(24)8-14/h2-5,7-10H,11-12H2,1H3,(H2,28,30). The third-order valence-corrected chi connectivity index (χ3v) is 5.06. The molecule has 1 amide bonds. The number of nitrogens with two attached hydrogens (primary N) is 1. The molecule has 2 N–H and O–H groups in total. The number of benzene rings is 3. The van der Waals surface area contributed by atoms with Gasteiger partial charge in [0.15, 0.2) is 0 Å². The molecule has 0 fully saturated rings. The van der Waals surface area contributed by atoms with Crippen molar-refractivity contribution in [2.75, 3.05) is 7.11 Å². The van der Waals surface area contributed by atoms with Gasteiger partial charge in [-0.25, -0.2) is 4.39 Å². The van der Waals surface area contributed by atoms with Gasteiger partial charge < -0.3 is 15.0 Å². The van der Waals surface area contributed by atoms with E-state index in [1.165, 1.54) is 7.11 Å². The normalized spacial score (nSPS) is 12.0. The van der Waals surface area contributed by atoms with Crippen LogP contribution in [0.25, 0.3) is 21.8 Å².